The molecule has 1 N–H and O–H groups in total. The Kier molecular flexibility index (Phi) is 7.31. The summed E-state index contributed by atoms with van der Waals surface area (Å²) < 4.78 is 24.7. The van der Waals surface area contributed by atoms with E-state index in [4.69, 9.17) is 0 Å². The predicted octanol–water partition coefficient (Wildman–Crippen LogP) is 2.40. The van der Waals surface area contributed by atoms with Gasteiger partial charge in [0.15, 0.2) is 5.84 Å². The Morgan fingerprint density at radius 1 is 1.35 bits per heavy atom. The molecule has 0 heterocycles. The molecule has 0 bridgehead atoms. The molecule has 23 heavy (non-hydrogen) atoms. The second-order valence-electron chi connectivity index (χ2n) is 4.82. The van der Waals surface area contributed by atoms with Crippen LogP contribution in [0.2, 0.25) is 0 Å². The maximum atomic E-state index is 11.5. The number of hydrogen-bond donors (Lipinski definition) is 1. The quantitative estimate of drug-likeness (QED) is 0.588. The van der Waals surface area contributed by atoms with Gasteiger partial charge in [0, 0.05) is 22.7 Å². The molecular weight excluding hydrogens is 382 g/mol. The molecule has 1 aromatic carbocycles. The van der Waals surface area contributed by atoms with Crippen molar-refractivity contribution in [2.24, 2.45) is 9.98 Å². The molecule has 0 unspecified atom stereocenters. The monoisotopic (exact) mass is 399 g/mol. The molecule has 1 rings (SSSR count). The van der Waals surface area contributed by atoms with Crippen LogP contribution in [0.25, 0.3) is 0 Å². The van der Waals surface area contributed by atoms with Gasteiger partial charge in [-0.1, -0.05) is 40.2 Å². The third kappa shape index (κ3) is 7.85. The van der Waals surface area contributed by atoms with E-state index in [0.29, 0.717) is 12.3 Å². The van der Waals surface area contributed by atoms with Crippen LogP contribution in [0.5, 0.6) is 0 Å². The second-order valence-corrected chi connectivity index (χ2v) is 7.82. The number of amidine groups is 1. The lowest BCUT2D eigenvalue weighted by Gasteiger charge is -2.05. The minimum atomic E-state index is -3.51. The van der Waals surface area contributed by atoms with Gasteiger partial charge in [-0.2, -0.15) is 0 Å². The molecule has 8 heteroatoms. The molecule has 0 atom stereocenters. The molecule has 124 valence electrons. The summed E-state index contributed by atoms with van der Waals surface area (Å²) in [4.78, 5) is 19.5. The van der Waals surface area contributed by atoms with Crippen molar-refractivity contribution in [3.63, 3.8) is 0 Å². The highest BCUT2D eigenvalue weighted by Crippen LogP contribution is 2.10. The molecule has 0 saturated carbocycles. The number of hydrogen-bond acceptors (Lipinski definition) is 4. The number of nitrogens with zero attached hydrogens (tertiary/aromatic N) is 2. The van der Waals surface area contributed by atoms with Crippen LogP contribution in [0.4, 0.5) is 0 Å². The van der Waals surface area contributed by atoms with Crippen LogP contribution in [-0.2, 0) is 21.2 Å². The van der Waals surface area contributed by atoms with Crippen molar-refractivity contribution in [2.45, 2.75) is 19.8 Å². The van der Waals surface area contributed by atoms with Gasteiger partial charge in [0.25, 0.3) is 0 Å². The van der Waals surface area contributed by atoms with Crippen molar-refractivity contribution in [1.29, 1.82) is 0 Å². The number of amides is 1. The Morgan fingerprint density at radius 2 is 1.96 bits per heavy atom. The van der Waals surface area contributed by atoms with E-state index in [1.807, 2.05) is 35.9 Å². The summed E-state index contributed by atoms with van der Waals surface area (Å²) in [5.74, 6) is -0.0327. The zero-order valence-corrected chi connectivity index (χ0v) is 15.3. The van der Waals surface area contributed by atoms with E-state index in [9.17, 15) is 13.2 Å². The Bertz CT molecular complexity index is 734. The largest absolute Gasteiger partial charge is 0.274 e. The summed E-state index contributed by atoms with van der Waals surface area (Å²) >= 11 is 3.28. The first-order valence-corrected chi connectivity index (χ1v) is 9.36. The van der Waals surface area contributed by atoms with Gasteiger partial charge < -0.3 is 0 Å². The number of sulfonamides is 1. The molecule has 0 aliphatic rings. The fraction of sp³-hybridized carbons (Fsp3) is 0.267. The van der Waals surface area contributed by atoms with Gasteiger partial charge in [-0.05, 0) is 25.6 Å². The normalized spacial score (nSPS) is 12.8. The van der Waals surface area contributed by atoms with E-state index in [-0.39, 0.29) is 6.42 Å². The van der Waals surface area contributed by atoms with Crippen LogP contribution < -0.4 is 4.72 Å². The van der Waals surface area contributed by atoms with Gasteiger partial charge >= 0.3 is 0 Å². The number of nitrogens with one attached hydrogen (secondary N) is 1. The van der Waals surface area contributed by atoms with Crippen LogP contribution in [0.1, 0.15) is 24.5 Å². The number of carbonyl (C=O) groups excluding carboxylic acids is 1. The third-order valence-corrected chi connectivity index (χ3v) is 3.47. The maximum absolute atomic E-state index is 11.5. The highest BCUT2D eigenvalue weighted by molar-refractivity contribution is 9.11. The molecule has 0 spiro atoms. The Labute approximate surface area is 144 Å². The van der Waals surface area contributed by atoms with Gasteiger partial charge in [-0.25, -0.2) is 18.4 Å². The molecule has 0 aliphatic carbocycles. The molecule has 0 fully saturated rings. The van der Waals surface area contributed by atoms with Crippen molar-refractivity contribution in [3.05, 3.63) is 46.1 Å². The zero-order chi connectivity index (χ0) is 17.5. The predicted molar refractivity (Wildman–Crippen MR) is 96.5 cm³/mol. The minimum absolute atomic E-state index is 0.0958. The van der Waals surface area contributed by atoms with Crippen LogP contribution in [0, 0.1) is 0 Å². The van der Waals surface area contributed by atoms with Crippen molar-refractivity contribution in [2.75, 3.05) is 6.26 Å². The zero-order valence-electron chi connectivity index (χ0n) is 12.9. The molecule has 1 amide bonds. The van der Waals surface area contributed by atoms with E-state index in [2.05, 4.69) is 32.6 Å². The molecule has 0 aliphatic heterocycles. The van der Waals surface area contributed by atoms with E-state index in [0.717, 1.165) is 21.9 Å². The molecule has 6 nitrogen and oxygen atoms in total. The number of aryl methyl sites for hydroxylation is 1. The van der Waals surface area contributed by atoms with E-state index >= 15 is 0 Å². The Balaban J connectivity index is 2.73. The van der Waals surface area contributed by atoms with Gasteiger partial charge in [0.05, 0.1) is 6.26 Å². The van der Waals surface area contributed by atoms with Crippen molar-refractivity contribution in [3.8, 4) is 0 Å². The Morgan fingerprint density at radius 3 is 2.43 bits per heavy atom. The first-order chi connectivity index (χ1) is 10.7. The average molecular weight is 400 g/mol. The number of halogens is 1. The third-order valence-electron chi connectivity index (χ3n) is 2.67. The number of benzene rings is 1. The SMILES string of the molecule is C=NC(=N/C=C(\C)Br)c1ccc(CCC(=O)NS(C)(=O)=O)cc1. The number of aliphatic imine (C=N–C) groups is 2. The average Bonchev–Trinajstić information content (AvgIpc) is 2.45. The summed E-state index contributed by atoms with van der Waals surface area (Å²) in [6.45, 7) is 5.35. The highest BCUT2D eigenvalue weighted by Gasteiger charge is 2.08. The fourth-order valence-corrected chi connectivity index (χ4v) is 2.31. The van der Waals surface area contributed by atoms with Crippen molar-refractivity contribution in [1.82, 2.24) is 4.72 Å². The lowest BCUT2D eigenvalue weighted by molar-refractivity contribution is -0.119. The highest BCUT2D eigenvalue weighted by atomic mass is 79.9. The fourth-order valence-electron chi connectivity index (χ4n) is 1.69. The summed E-state index contributed by atoms with van der Waals surface area (Å²) in [6, 6.07) is 7.34. The van der Waals surface area contributed by atoms with Crippen molar-refractivity contribution < 1.29 is 13.2 Å². The topological polar surface area (TPSA) is 88.0 Å². The first kappa shape index (κ1) is 19.2. The first-order valence-electron chi connectivity index (χ1n) is 6.68. The van der Waals surface area contributed by atoms with Gasteiger partial charge in [0.1, 0.15) is 0 Å². The van der Waals surface area contributed by atoms with Gasteiger partial charge in [-0.3, -0.25) is 9.52 Å². The van der Waals surface area contributed by atoms with Crippen molar-refractivity contribution >= 4 is 44.4 Å². The minimum Gasteiger partial charge on any atom is -0.274 e. The second kappa shape index (κ2) is 8.73. The number of allylic oxidation sites excluding steroid dienone is 1. The molecule has 1 aromatic rings. The number of rotatable bonds is 6. The van der Waals surface area contributed by atoms with Gasteiger partial charge in [-0.15, -0.1) is 0 Å². The van der Waals surface area contributed by atoms with E-state index < -0.39 is 15.9 Å². The molecule has 0 radical (unpaired) electrons. The van der Waals surface area contributed by atoms with Crippen LogP contribution in [-0.4, -0.2) is 33.1 Å². The summed E-state index contributed by atoms with van der Waals surface area (Å²) in [5, 5.41) is 0. The maximum Gasteiger partial charge on any atom is 0.233 e. The van der Waals surface area contributed by atoms with Gasteiger partial charge in [0.2, 0.25) is 15.9 Å². The smallest absolute Gasteiger partial charge is 0.233 e. The molecular formula is C15H18BrN3O3S. The molecule has 0 aromatic heterocycles. The summed E-state index contributed by atoms with van der Waals surface area (Å²) in [7, 11) is -3.51. The lowest BCUT2D eigenvalue weighted by Crippen LogP contribution is -2.29. The van der Waals surface area contributed by atoms with E-state index in [1.165, 1.54) is 0 Å². The van der Waals surface area contributed by atoms with Crippen LogP contribution in [0.3, 0.4) is 0 Å². The standard InChI is InChI=1S/C15H18BrN3O3S/c1-11(16)10-18-15(17-2)13-7-4-12(5-8-13)6-9-14(20)19-23(3,21)22/h4-5,7-8,10H,2,6,9H2,1,3H3,(H,19,20)/b11-10+,18-15?. The van der Waals surface area contributed by atoms with Crippen LogP contribution in [0.15, 0.2) is 44.9 Å². The number of carbonyl (C=O) groups is 1. The summed E-state index contributed by atoms with van der Waals surface area (Å²) in [6.07, 6.45) is 3.12. The van der Waals surface area contributed by atoms with Crippen LogP contribution >= 0.6 is 15.9 Å². The Hall–Kier alpha value is -1.80. The van der Waals surface area contributed by atoms with E-state index in [1.54, 1.807) is 6.20 Å². The lowest BCUT2D eigenvalue weighted by atomic mass is 10.1. The summed E-state index contributed by atoms with van der Waals surface area (Å²) in [5.41, 5.74) is 1.71. The molecule has 0 saturated heterocycles.